The van der Waals surface area contributed by atoms with Crippen LogP contribution in [-0.4, -0.2) is 75.9 Å². The Balaban J connectivity index is 1.83. The first-order valence-electron chi connectivity index (χ1n) is 8.56. The van der Waals surface area contributed by atoms with Gasteiger partial charge in [0.25, 0.3) is 0 Å². The second-order valence-corrected chi connectivity index (χ2v) is 6.12. The molecule has 0 aliphatic carbocycles. The lowest BCUT2D eigenvalue weighted by molar-refractivity contribution is -0.0163. The summed E-state index contributed by atoms with van der Waals surface area (Å²) in [5.74, 6) is 1.78. The Kier molecular flexibility index (Phi) is 7.34. The topological polar surface area (TPSA) is 49.3 Å². The fraction of sp³-hybridized carbons (Fsp3) is 0.611. The van der Waals surface area contributed by atoms with Crippen molar-refractivity contribution in [3.8, 4) is 5.75 Å². The number of likely N-dealkylation sites (N-methyl/N-ethyl adjacent to an activating group) is 1. The molecule has 1 aliphatic heterocycles. The average molecular weight is 334 g/mol. The van der Waals surface area contributed by atoms with Crippen molar-refractivity contribution in [2.24, 2.45) is 4.99 Å². The third-order valence-electron chi connectivity index (χ3n) is 4.06. The maximum atomic E-state index is 5.79. The van der Waals surface area contributed by atoms with Crippen molar-refractivity contribution in [1.29, 1.82) is 0 Å². The number of ether oxygens (including phenoxy) is 2. The molecule has 0 saturated carbocycles. The predicted molar refractivity (Wildman–Crippen MR) is 97.7 cm³/mol. The highest BCUT2D eigenvalue weighted by Gasteiger charge is 2.18. The molecular formula is C18H30N4O2. The Morgan fingerprint density at radius 2 is 2.17 bits per heavy atom. The molecule has 1 aromatic rings. The molecule has 0 amide bonds. The third-order valence-corrected chi connectivity index (χ3v) is 4.06. The zero-order valence-electron chi connectivity index (χ0n) is 15.3. The van der Waals surface area contributed by atoms with Gasteiger partial charge in [0.15, 0.2) is 5.96 Å². The quantitative estimate of drug-likeness (QED) is 0.630. The van der Waals surface area contributed by atoms with Gasteiger partial charge in [-0.2, -0.15) is 0 Å². The molecule has 0 bridgehead atoms. The van der Waals surface area contributed by atoms with Crippen LogP contribution in [0.25, 0.3) is 0 Å². The summed E-state index contributed by atoms with van der Waals surface area (Å²) in [4.78, 5) is 8.78. The summed E-state index contributed by atoms with van der Waals surface area (Å²) >= 11 is 0. The fourth-order valence-electron chi connectivity index (χ4n) is 2.79. The van der Waals surface area contributed by atoms with Gasteiger partial charge in [-0.05, 0) is 31.7 Å². The van der Waals surface area contributed by atoms with Crippen LogP contribution in [-0.2, 0) is 11.3 Å². The molecule has 1 atom stereocenters. The number of hydrogen-bond acceptors (Lipinski definition) is 4. The van der Waals surface area contributed by atoms with Crippen molar-refractivity contribution in [2.45, 2.75) is 19.6 Å². The number of hydrogen-bond donors (Lipinski definition) is 1. The number of benzene rings is 1. The molecule has 6 nitrogen and oxygen atoms in total. The summed E-state index contributed by atoms with van der Waals surface area (Å²) in [6.07, 6.45) is 0.208. The summed E-state index contributed by atoms with van der Waals surface area (Å²) in [5, 5.41) is 3.41. The lowest BCUT2D eigenvalue weighted by atomic mass is 10.2. The number of aliphatic imine (C=N–C) groups is 1. The van der Waals surface area contributed by atoms with Crippen LogP contribution in [0.2, 0.25) is 0 Å². The van der Waals surface area contributed by atoms with Crippen LogP contribution in [0.5, 0.6) is 5.75 Å². The first-order chi connectivity index (χ1) is 11.6. The van der Waals surface area contributed by atoms with Gasteiger partial charge in [-0.15, -0.1) is 0 Å². The molecule has 0 radical (unpaired) electrons. The molecule has 0 aromatic heterocycles. The van der Waals surface area contributed by atoms with Gasteiger partial charge in [-0.25, -0.2) is 0 Å². The van der Waals surface area contributed by atoms with E-state index < -0.39 is 0 Å². The second kappa shape index (κ2) is 9.49. The Morgan fingerprint density at radius 1 is 1.42 bits per heavy atom. The van der Waals surface area contributed by atoms with E-state index in [1.165, 1.54) is 5.56 Å². The largest absolute Gasteiger partial charge is 0.494 e. The van der Waals surface area contributed by atoms with Crippen molar-refractivity contribution in [2.75, 3.05) is 54.0 Å². The van der Waals surface area contributed by atoms with Crippen LogP contribution in [0.15, 0.2) is 29.3 Å². The first-order valence-corrected chi connectivity index (χ1v) is 8.56. The molecular weight excluding hydrogens is 304 g/mol. The maximum Gasteiger partial charge on any atom is 0.193 e. The molecule has 1 fully saturated rings. The highest BCUT2D eigenvalue weighted by Crippen LogP contribution is 2.13. The molecule has 1 aromatic carbocycles. The van der Waals surface area contributed by atoms with E-state index in [9.17, 15) is 0 Å². The van der Waals surface area contributed by atoms with Crippen LogP contribution in [0.1, 0.15) is 12.5 Å². The standard InChI is InChI=1S/C18H30N4O2/c1-5-23-16-8-6-15(7-9-16)13-22(4)18(19-2)20-12-17-14-21(3)10-11-24-17/h6-9,17H,5,10-14H2,1-4H3,(H,19,20). The van der Waals surface area contributed by atoms with Gasteiger partial charge >= 0.3 is 0 Å². The average Bonchev–Trinajstić information content (AvgIpc) is 2.57. The summed E-state index contributed by atoms with van der Waals surface area (Å²) in [5.41, 5.74) is 1.22. The normalized spacial score (nSPS) is 19.2. The lowest BCUT2D eigenvalue weighted by Gasteiger charge is -2.31. The van der Waals surface area contributed by atoms with Crippen molar-refractivity contribution in [3.05, 3.63) is 29.8 Å². The number of nitrogens with one attached hydrogen (secondary N) is 1. The van der Waals surface area contributed by atoms with Gasteiger partial charge in [0.05, 0.1) is 19.3 Å². The fourth-order valence-corrected chi connectivity index (χ4v) is 2.79. The number of rotatable bonds is 6. The van der Waals surface area contributed by atoms with Gasteiger partial charge in [-0.3, -0.25) is 4.99 Å². The molecule has 1 aliphatic rings. The Hall–Kier alpha value is -1.79. The minimum absolute atomic E-state index is 0.208. The van der Waals surface area contributed by atoms with E-state index in [-0.39, 0.29) is 6.10 Å². The summed E-state index contributed by atoms with van der Waals surface area (Å²) < 4.78 is 11.3. The summed E-state index contributed by atoms with van der Waals surface area (Å²) in [7, 11) is 5.98. The van der Waals surface area contributed by atoms with Crippen LogP contribution >= 0.6 is 0 Å². The van der Waals surface area contributed by atoms with E-state index in [2.05, 4.69) is 39.3 Å². The van der Waals surface area contributed by atoms with E-state index in [0.29, 0.717) is 6.61 Å². The van der Waals surface area contributed by atoms with Crippen LogP contribution in [0.3, 0.4) is 0 Å². The Bertz CT molecular complexity index is 518. The SMILES string of the molecule is CCOc1ccc(CN(C)C(=NC)NCC2CN(C)CCO2)cc1. The van der Waals surface area contributed by atoms with Gasteiger partial charge < -0.3 is 24.6 Å². The Labute approximate surface area is 145 Å². The van der Waals surface area contributed by atoms with Crippen molar-refractivity contribution in [3.63, 3.8) is 0 Å². The monoisotopic (exact) mass is 334 g/mol. The minimum atomic E-state index is 0.208. The van der Waals surface area contributed by atoms with Gasteiger partial charge in [0, 0.05) is 40.3 Å². The minimum Gasteiger partial charge on any atom is -0.494 e. The number of guanidine groups is 1. The maximum absolute atomic E-state index is 5.79. The summed E-state index contributed by atoms with van der Waals surface area (Å²) in [6, 6.07) is 8.20. The zero-order valence-corrected chi connectivity index (χ0v) is 15.3. The highest BCUT2D eigenvalue weighted by atomic mass is 16.5. The van der Waals surface area contributed by atoms with E-state index in [0.717, 1.165) is 44.5 Å². The molecule has 1 unspecified atom stereocenters. The van der Waals surface area contributed by atoms with Crippen molar-refractivity contribution >= 4 is 5.96 Å². The van der Waals surface area contributed by atoms with Crippen LogP contribution in [0.4, 0.5) is 0 Å². The zero-order chi connectivity index (χ0) is 17.4. The lowest BCUT2D eigenvalue weighted by Crippen LogP contribution is -2.48. The van der Waals surface area contributed by atoms with E-state index in [1.54, 1.807) is 0 Å². The molecule has 134 valence electrons. The molecule has 1 heterocycles. The first kappa shape index (κ1) is 18.5. The molecule has 1 saturated heterocycles. The number of morpholine rings is 1. The molecule has 24 heavy (non-hydrogen) atoms. The molecule has 1 N–H and O–H groups in total. The second-order valence-electron chi connectivity index (χ2n) is 6.12. The van der Waals surface area contributed by atoms with E-state index >= 15 is 0 Å². The molecule has 6 heteroatoms. The van der Waals surface area contributed by atoms with Gasteiger partial charge in [-0.1, -0.05) is 12.1 Å². The predicted octanol–water partition coefficient (Wildman–Crippen LogP) is 1.42. The van der Waals surface area contributed by atoms with Crippen molar-refractivity contribution < 1.29 is 9.47 Å². The van der Waals surface area contributed by atoms with Crippen LogP contribution in [0, 0.1) is 0 Å². The highest BCUT2D eigenvalue weighted by molar-refractivity contribution is 5.79. The van der Waals surface area contributed by atoms with Crippen LogP contribution < -0.4 is 10.1 Å². The molecule has 2 rings (SSSR count). The summed E-state index contributed by atoms with van der Waals surface area (Å²) in [6.45, 7) is 6.99. The van der Waals surface area contributed by atoms with E-state index in [4.69, 9.17) is 9.47 Å². The third kappa shape index (κ3) is 5.69. The molecule has 0 spiro atoms. The van der Waals surface area contributed by atoms with E-state index in [1.807, 2.05) is 33.2 Å². The van der Waals surface area contributed by atoms with Crippen molar-refractivity contribution in [1.82, 2.24) is 15.1 Å². The van der Waals surface area contributed by atoms with Gasteiger partial charge in [0.2, 0.25) is 0 Å². The van der Waals surface area contributed by atoms with Gasteiger partial charge in [0.1, 0.15) is 5.75 Å². The Morgan fingerprint density at radius 3 is 2.79 bits per heavy atom. The number of nitrogens with zero attached hydrogens (tertiary/aromatic N) is 3. The smallest absolute Gasteiger partial charge is 0.193 e.